The Morgan fingerprint density at radius 1 is 1.03 bits per heavy atom. The summed E-state index contributed by atoms with van der Waals surface area (Å²) >= 11 is 18.5. The zero-order chi connectivity index (χ0) is 24.9. The molecule has 3 aromatic rings. The smallest absolute Gasteiger partial charge is 0.256 e. The van der Waals surface area contributed by atoms with Gasteiger partial charge in [-0.25, -0.2) is 0 Å². The third-order valence-corrected chi connectivity index (χ3v) is 7.72. The molecule has 10 heteroatoms. The highest BCUT2D eigenvalue weighted by Crippen LogP contribution is 2.50. The molecule has 35 heavy (non-hydrogen) atoms. The SMILES string of the molecule is C[C@@H]1N[C@]2(C(=O)Nc3ccccc32)[C@@H]([N+](=O)[O-])[C@H]1c1ccc(OCc2ccc(Cl)c(Cl)c2)c(Cl)c1. The first kappa shape index (κ1) is 23.9. The molecule has 0 aromatic heterocycles. The van der Waals surface area contributed by atoms with Crippen molar-refractivity contribution in [3.8, 4) is 5.75 Å². The second kappa shape index (κ2) is 8.99. The Morgan fingerprint density at radius 3 is 2.51 bits per heavy atom. The zero-order valence-corrected chi connectivity index (χ0v) is 20.7. The number of anilines is 1. The normalized spacial score (nSPS) is 24.9. The number of carbonyl (C=O) groups is 1. The molecular formula is C25H20Cl3N3O4. The van der Waals surface area contributed by atoms with Gasteiger partial charge in [-0.3, -0.25) is 20.2 Å². The van der Waals surface area contributed by atoms with Crippen LogP contribution in [0.3, 0.4) is 0 Å². The summed E-state index contributed by atoms with van der Waals surface area (Å²) in [5, 5.41) is 19.7. The van der Waals surface area contributed by atoms with Gasteiger partial charge in [0.25, 0.3) is 11.9 Å². The Hall–Kier alpha value is -2.84. The summed E-state index contributed by atoms with van der Waals surface area (Å²) < 4.78 is 5.85. The molecule has 4 atom stereocenters. The fourth-order valence-electron chi connectivity index (χ4n) is 5.19. The van der Waals surface area contributed by atoms with E-state index in [9.17, 15) is 14.9 Å². The predicted molar refractivity (Wildman–Crippen MR) is 135 cm³/mol. The summed E-state index contributed by atoms with van der Waals surface area (Å²) in [4.78, 5) is 25.2. The Morgan fingerprint density at radius 2 is 1.80 bits per heavy atom. The Labute approximate surface area is 216 Å². The Balaban J connectivity index is 1.45. The molecule has 0 radical (unpaired) electrons. The topological polar surface area (TPSA) is 93.5 Å². The fourth-order valence-corrected chi connectivity index (χ4v) is 5.75. The molecule has 0 bridgehead atoms. The van der Waals surface area contributed by atoms with Crippen LogP contribution >= 0.6 is 34.8 Å². The summed E-state index contributed by atoms with van der Waals surface area (Å²) in [6.45, 7) is 2.06. The fraction of sp³-hybridized carbons (Fsp3) is 0.240. The number of para-hydroxylation sites is 1. The third-order valence-electron chi connectivity index (χ3n) is 6.68. The molecule has 1 amide bonds. The van der Waals surface area contributed by atoms with Crippen molar-refractivity contribution in [2.45, 2.75) is 37.1 Å². The second-order valence-corrected chi connectivity index (χ2v) is 9.95. The van der Waals surface area contributed by atoms with Gasteiger partial charge in [-0.1, -0.05) is 65.1 Å². The van der Waals surface area contributed by atoms with Crippen LogP contribution in [0.4, 0.5) is 5.69 Å². The number of hydrogen-bond acceptors (Lipinski definition) is 5. The highest BCUT2D eigenvalue weighted by molar-refractivity contribution is 6.42. The van der Waals surface area contributed by atoms with Crippen molar-refractivity contribution in [2.75, 3.05) is 5.32 Å². The van der Waals surface area contributed by atoms with Crippen molar-refractivity contribution in [1.29, 1.82) is 0 Å². The van der Waals surface area contributed by atoms with E-state index >= 15 is 0 Å². The van der Waals surface area contributed by atoms with E-state index in [1.165, 1.54) is 0 Å². The molecule has 180 valence electrons. The number of nitrogens with one attached hydrogen (secondary N) is 2. The minimum Gasteiger partial charge on any atom is -0.487 e. The molecule has 0 unspecified atom stereocenters. The molecule has 3 aromatic carbocycles. The van der Waals surface area contributed by atoms with Crippen molar-refractivity contribution in [1.82, 2.24) is 5.32 Å². The number of halogens is 3. The van der Waals surface area contributed by atoms with Crippen molar-refractivity contribution in [3.05, 3.63) is 103 Å². The van der Waals surface area contributed by atoms with Gasteiger partial charge in [-0.05, 0) is 48.4 Å². The monoisotopic (exact) mass is 531 g/mol. The number of benzene rings is 3. The summed E-state index contributed by atoms with van der Waals surface area (Å²) in [5.74, 6) is -0.609. The molecule has 2 heterocycles. The number of nitrogens with zero attached hydrogens (tertiary/aromatic N) is 1. The minimum atomic E-state index is -1.47. The highest BCUT2D eigenvalue weighted by atomic mass is 35.5. The van der Waals surface area contributed by atoms with Crippen LogP contribution in [0.15, 0.2) is 60.7 Å². The Bertz CT molecular complexity index is 1350. The minimum absolute atomic E-state index is 0.217. The highest BCUT2D eigenvalue weighted by Gasteiger charge is 2.67. The van der Waals surface area contributed by atoms with Crippen LogP contribution in [0.1, 0.15) is 29.5 Å². The third kappa shape index (κ3) is 3.93. The van der Waals surface area contributed by atoms with Gasteiger partial charge in [0.2, 0.25) is 0 Å². The van der Waals surface area contributed by atoms with Gasteiger partial charge in [0.1, 0.15) is 12.4 Å². The lowest BCUT2D eigenvalue weighted by atomic mass is 9.78. The number of nitro groups is 1. The lowest BCUT2D eigenvalue weighted by Crippen LogP contribution is -2.54. The molecule has 2 N–H and O–H groups in total. The number of rotatable bonds is 5. The Kier molecular flexibility index (Phi) is 6.13. The average molecular weight is 533 g/mol. The maximum absolute atomic E-state index is 13.1. The van der Waals surface area contributed by atoms with E-state index in [0.717, 1.165) is 5.56 Å². The summed E-state index contributed by atoms with van der Waals surface area (Å²) in [6, 6.07) is 15.8. The van der Waals surface area contributed by atoms with Crippen LogP contribution in [0, 0.1) is 10.1 Å². The summed E-state index contributed by atoms with van der Waals surface area (Å²) in [6.07, 6.45) is 0. The largest absolute Gasteiger partial charge is 0.487 e. The lowest BCUT2D eigenvalue weighted by Gasteiger charge is -2.25. The van der Waals surface area contributed by atoms with Gasteiger partial charge in [0, 0.05) is 22.2 Å². The van der Waals surface area contributed by atoms with Crippen LogP contribution in [0.5, 0.6) is 5.75 Å². The number of fused-ring (bicyclic) bond motifs is 2. The molecule has 0 aliphatic carbocycles. The van der Waals surface area contributed by atoms with Gasteiger partial charge in [0.15, 0.2) is 5.54 Å². The molecule has 2 aliphatic rings. The second-order valence-electron chi connectivity index (χ2n) is 8.72. The van der Waals surface area contributed by atoms with Gasteiger partial charge < -0.3 is 10.1 Å². The molecule has 0 saturated carbocycles. The molecule has 7 nitrogen and oxygen atoms in total. The number of amides is 1. The van der Waals surface area contributed by atoms with Crippen LogP contribution in [0.2, 0.25) is 15.1 Å². The van der Waals surface area contributed by atoms with E-state index in [1.807, 2.05) is 6.92 Å². The summed E-state index contributed by atoms with van der Waals surface area (Å²) in [7, 11) is 0. The van der Waals surface area contributed by atoms with Crippen molar-refractivity contribution in [3.63, 3.8) is 0 Å². The van der Waals surface area contributed by atoms with Crippen molar-refractivity contribution in [2.24, 2.45) is 0 Å². The molecule has 2 aliphatic heterocycles. The first-order valence-electron chi connectivity index (χ1n) is 10.9. The summed E-state index contributed by atoms with van der Waals surface area (Å²) in [5.41, 5.74) is 1.14. The first-order valence-corrected chi connectivity index (χ1v) is 12.0. The van der Waals surface area contributed by atoms with Crippen molar-refractivity contribution >= 4 is 46.4 Å². The van der Waals surface area contributed by atoms with Crippen LogP contribution in [-0.4, -0.2) is 22.9 Å². The molecule has 1 fully saturated rings. The standard InChI is InChI=1S/C25H20Cl3N3O4/c1-13-22(23(31(33)34)25(30-13)16-4-2-3-5-20(16)29-24(25)32)15-7-9-21(19(28)11-15)35-12-14-6-8-17(26)18(27)10-14/h2-11,13,22-23,30H,12H2,1H3,(H,29,32)/t13-,22+,23-,25-/m0/s1. The van der Waals surface area contributed by atoms with E-state index in [0.29, 0.717) is 37.6 Å². The van der Waals surface area contributed by atoms with E-state index < -0.39 is 23.4 Å². The number of ether oxygens (including phenoxy) is 1. The van der Waals surface area contributed by atoms with Gasteiger partial charge in [0.05, 0.1) is 21.0 Å². The first-order chi connectivity index (χ1) is 16.7. The van der Waals surface area contributed by atoms with E-state index in [4.69, 9.17) is 39.5 Å². The van der Waals surface area contributed by atoms with E-state index in [-0.39, 0.29) is 17.6 Å². The predicted octanol–water partition coefficient (Wildman–Crippen LogP) is 5.79. The van der Waals surface area contributed by atoms with E-state index in [1.54, 1.807) is 60.7 Å². The van der Waals surface area contributed by atoms with Gasteiger partial charge in [-0.15, -0.1) is 0 Å². The molecule has 1 spiro atoms. The van der Waals surface area contributed by atoms with E-state index in [2.05, 4.69) is 10.6 Å². The maximum atomic E-state index is 13.1. The molecule has 1 saturated heterocycles. The lowest BCUT2D eigenvalue weighted by molar-refractivity contribution is -0.532. The number of hydrogen-bond donors (Lipinski definition) is 2. The quantitative estimate of drug-likeness (QED) is 0.320. The van der Waals surface area contributed by atoms with Crippen molar-refractivity contribution < 1.29 is 14.5 Å². The van der Waals surface area contributed by atoms with Gasteiger partial charge in [-0.2, -0.15) is 0 Å². The number of carbonyl (C=O) groups excluding carboxylic acids is 1. The molecule has 5 rings (SSSR count). The van der Waals surface area contributed by atoms with Gasteiger partial charge >= 0.3 is 0 Å². The average Bonchev–Trinajstić information content (AvgIpc) is 3.29. The zero-order valence-electron chi connectivity index (χ0n) is 18.4. The van der Waals surface area contributed by atoms with Crippen LogP contribution in [0.25, 0.3) is 0 Å². The molecular weight excluding hydrogens is 513 g/mol. The maximum Gasteiger partial charge on any atom is 0.256 e. The van der Waals surface area contributed by atoms with Crippen LogP contribution < -0.4 is 15.4 Å². The van der Waals surface area contributed by atoms with Crippen LogP contribution in [-0.2, 0) is 16.9 Å².